The van der Waals surface area contributed by atoms with Gasteiger partial charge in [0.15, 0.2) is 5.11 Å². The smallest absolute Gasteiger partial charge is 0.232 e. The fraction of sp³-hybridized carbons (Fsp3) is 0.414. The second-order valence-corrected chi connectivity index (χ2v) is 10.8. The SMILES string of the molecule is Fc1ccc(C2(CNC(=S)Nc3nc(N4CCOCC4)cc(N4Cc5ccccc5C4)n3)CCCC2)cc1. The Morgan fingerprint density at radius 1 is 0.921 bits per heavy atom. The molecule has 1 saturated heterocycles. The number of hydrogen-bond acceptors (Lipinski definition) is 6. The number of benzene rings is 2. The lowest BCUT2D eigenvalue weighted by Gasteiger charge is -2.31. The summed E-state index contributed by atoms with van der Waals surface area (Å²) < 4.78 is 19.1. The number of anilines is 3. The number of hydrogen-bond donors (Lipinski definition) is 2. The number of fused-ring (bicyclic) bond motifs is 1. The number of ether oxygens (including phenoxy) is 1. The average molecular weight is 533 g/mol. The molecule has 2 aliphatic heterocycles. The van der Waals surface area contributed by atoms with Crippen molar-refractivity contribution in [2.75, 3.05) is 48.0 Å². The van der Waals surface area contributed by atoms with Crippen LogP contribution in [0, 0.1) is 5.82 Å². The topological polar surface area (TPSA) is 65.6 Å². The van der Waals surface area contributed by atoms with E-state index < -0.39 is 0 Å². The first-order valence-corrected chi connectivity index (χ1v) is 13.8. The van der Waals surface area contributed by atoms with Crippen LogP contribution in [0.1, 0.15) is 42.4 Å². The Hall–Kier alpha value is -3.30. The van der Waals surface area contributed by atoms with Gasteiger partial charge in [-0.05, 0) is 53.9 Å². The average Bonchev–Trinajstić information content (AvgIpc) is 3.61. The maximum absolute atomic E-state index is 13.6. The molecule has 1 aromatic heterocycles. The van der Waals surface area contributed by atoms with Gasteiger partial charge in [0.2, 0.25) is 5.95 Å². The lowest BCUT2D eigenvalue weighted by Crippen LogP contribution is -2.41. The van der Waals surface area contributed by atoms with E-state index in [1.54, 1.807) is 12.1 Å². The van der Waals surface area contributed by atoms with E-state index in [9.17, 15) is 4.39 Å². The summed E-state index contributed by atoms with van der Waals surface area (Å²) >= 11 is 5.72. The molecule has 7 nitrogen and oxygen atoms in total. The van der Waals surface area contributed by atoms with Gasteiger partial charge in [0.25, 0.3) is 0 Å². The Kier molecular flexibility index (Phi) is 7.12. The van der Waals surface area contributed by atoms with Gasteiger partial charge in [-0.1, -0.05) is 49.2 Å². The molecule has 198 valence electrons. The van der Waals surface area contributed by atoms with Crippen LogP contribution in [0.25, 0.3) is 0 Å². The number of halogens is 1. The van der Waals surface area contributed by atoms with Gasteiger partial charge in [0, 0.05) is 44.2 Å². The molecule has 38 heavy (non-hydrogen) atoms. The van der Waals surface area contributed by atoms with Crippen molar-refractivity contribution in [1.82, 2.24) is 15.3 Å². The molecule has 0 unspecified atom stereocenters. The highest BCUT2D eigenvalue weighted by Crippen LogP contribution is 2.40. The van der Waals surface area contributed by atoms with Crippen LogP contribution in [0.15, 0.2) is 54.6 Å². The van der Waals surface area contributed by atoms with E-state index in [1.807, 2.05) is 12.1 Å². The lowest BCUT2D eigenvalue weighted by molar-refractivity contribution is 0.122. The summed E-state index contributed by atoms with van der Waals surface area (Å²) in [5.74, 6) is 2.03. The third-order valence-corrected chi connectivity index (χ3v) is 8.28. The van der Waals surface area contributed by atoms with E-state index in [0.717, 1.165) is 69.1 Å². The normalized spacial score (nSPS) is 18.3. The second-order valence-electron chi connectivity index (χ2n) is 10.4. The van der Waals surface area contributed by atoms with Crippen molar-refractivity contribution >= 4 is 34.9 Å². The van der Waals surface area contributed by atoms with Crippen molar-refractivity contribution in [1.29, 1.82) is 0 Å². The molecule has 3 heterocycles. The van der Waals surface area contributed by atoms with Gasteiger partial charge in [-0.3, -0.25) is 0 Å². The molecule has 0 amide bonds. The summed E-state index contributed by atoms with van der Waals surface area (Å²) in [6.07, 6.45) is 4.42. The molecule has 0 radical (unpaired) electrons. The van der Waals surface area contributed by atoms with Crippen molar-refractivity contribution in [3.8, 4) is 0 Å². The molecule has 0 bridgehead atoms. The fourth-order valence-electron chi connectivity index (χ4n) is 5.91. The molecule has 3 aromatic rings. The van der Waals surface area contributed by atoms with E-state index >= 15 is 0 Å². The number of rotatable bonds is 6. The Bertz CT molecular complexity index is 1270. The van der Waals surface area contributed by atoms with Crippen LogP contribution in [0.4, 0.5) is 22.0 Å². The van der Waals surface area contributed by atoms with Crippen molar-refractivity contribution in [2.24, 2.45) is 0 Å². The van der Waals surface area contributed by atoms with Gasteiger partial charge in [-0.15, -0.1) is 0 Å². The minimum Gasteiger partial charge on any atom is -0.378 e. The summed E-state index contributed by atoms with van der Waals surface area (Å²) in [4.78, 5) is 14.2. The number of morpholine rings is 1. The Labute approximate surface area is 228 Å². The van der Waals surface area contributed by atoms with Crippen LogP contribution in [0.5, 0.6) is 0 Å². The van der Waals surface area contributed by atoms with Gasteiger partial charge in [0.1, 0.15) is 17.5 Å². The minimum absolute atomic E-state index is 0.0531. The van der Waals surface area contributed by atoms with Crippen LogP contribution >= 0.6 is 12.2 Å². The van der Waals surface area contributed by atoms with E-state index in [1.165, 1.54) is 11.1 Å². The molecule has 2 N–H and O–H groups in total. The quantitative estimate of drug-likeness (QED) is 0.440. The monoisotopic (exact) mass is 532 g/mol. The second kappa shape index (κ2) is 10.8. The van der Waals surface area contributed by atoms with Crippen LogP contribution in [0.3, 0.4) is 0 Å². The molecule has 1 saturated carbocycles. The van der Waals surface area contributed by atoms with Gasteiger partial charge in [0.05, 0.1) is 13.2 Å². The van der Waals surface area contributed by atoms with Crippen molar-refractivity contribution < 1.29 is 9.13 Å². The van der Waals surface area contributed by atoms with E-state index in [-0.39, 0.29) is 11.2 Å². The maximum atomic E-state index is 13.6. The molecular formula is C29H33FN6OS. The van der Waals surface area contributed by atoms with E-state index in [2.05, 4.69) is 50.8 Å². The van der Waals surface area contributed by atoms with Crippen LogP contribution < -0.4 is 20.4 Å². The highest BCUT2D eigenvalue weighted by Gasteiger charge is 2.35. The first-order valence-electron chi connectivity index (χ1n) is 13.4. The predicted molar refractivity (Wildman–Crippen MR) is 152 cm³/mol. The zero-order valence-corrected chi connectivity index (χ0v) is 22.3. The molecule has 2 fully saturated rings. The number of nitrogens with one attached hydrogen (secondary N) is 2. The fourth-order valence-corrected chi connectivity index (χ4v) is 6.07. The molecule has 9 heteroatoms. The van der Waals surface area contributed by atoms with Gasteiger partial charge < -0.3 is 25.2 Å². The minimum atomic E-state index is -0.207. The summed E-state index contributed by atoms with van der Waals surface area (Å²) in [5.41, 5.74) is 3.76. The Morgan fingerprint density at radius 3 is 2.21 bits per heavy atom. The highest BCUT2D eigenvalue weighted by molar-refractivity contribution is 7.80. The largest absolute Gasteiger partial charge is 0.378 e. The molecule has 3 aliphatic rings. The summed E-state index contributed by atoms with van der Waals surface area (Å²) in [5, 5.41) is 7.18. The lowest BCUT2D eigenvalue weighted by atomic mass is 9.79. The Balaban J connectivity index is 1.20. The molecule has 2 aromatic carbocycles. The molecule has 0 atom stereocenters. The molecule has 0 spiro atoms. The summed E-state index contributed by atoms with van der Waals surface area (Å²) in [6.45, 7) is 5.27. The maximum Gasteiger partial charge on any atom is 0.232 e. The summed E-state index contributed by atoms with van der Waals surface area (Å²) in [7, 11) is 0. The number of nitrogens with zero attached hydrogens (tertiary/aromatic N) is 4. The van der Waals surface area contributed by atoms with Crippen LogP contribution in [-0.2, 0) is 23.2 Å². The van der Waals surface area contributed by atoms with Crippen molar-refractivity contribution in [2.45, 2.75) is 44.2 Å². The van der Waals surface area contributed by atoms with Gasteiger partial charge in [-0.25, -0.2) is 4.39 Å². The standard InChI is InChI=1S/C29H33FN6OS/c30-24-9-7-23(8-10-24)29(11-3-4-12-29)20-31-28(38)34-27-32-25(35-13-15-37-16-14-35)17-26(33-27)36-18-21-5-1-2-6-22(21)19-36/h1-2,5-10,17H,3-4,11-16,18-20H2,(H2,31,32,33,34,38). The highest BCUT2D eigenvalue weighted by atomic mass is 32.1. The number of aromatic nitrogens is 2. The molecular weight excluding hydrogens is 499 g/mol. The van der Waals surface area contributed by atoms with E-state index in [0.29, 0.717) is 30.8 Å². The third-order valence-electron chi connectivity index (χ3n) is 8.03. The van der Waals surface area contributed by atoms with E-state index in [4.69, 9.17) is 26.9 Å². The Morgan fingerprint density at radius 2 is 1.55 bits per heavy atom. The van der Waals surface area contributed by atoms with Crippen molar-refractivity contribution in [3.63, 3.8) is 0 Å². The molecule has 6 rings (SSSR count). The predicted octanol–water partition coefficient (Wildman–Crippen LogP) is 4.77. The zero-order valence-electron chi connectivity index (χ0n) is 21.5. The summed E-state index contributed by atoms with van der Waals surface area (Å²) in [6, 6.07) is 17.5. The first-order chi connectivity index (χ1) is 18.6. The first kappa shape index (κ1) is 25.0. The van der Waals surface area contributed by atoms with Gasteiger partial charge in [-0.2, -0.15) is 9.97 Å². The molecule has 1 aliphatic carbocycles. The zero-order chi connectivity index (χ0) is 26.0. The van der Waals surface area contributed by atoms with Crippen molar-refractivity contribution in [3.05, 3.63) is 77.1 Å². The van der Waals surface area contributed by atoms with Crippen LogP contribution in [0.2, 0.25) is 0 Å². The van der Waals surface area contributed by atoms with Gasteiger partial charge >= 0.3 is 0 Å². The third kappa shape index (κ3) is 5.31. The van der Waals surface area contributed by atoms with Crippen LogP contribution in [-0.4, -0.2) is 47.9 Å². The number of thiocarbonyl (C=S) groups is 1.